The number of anilines is 1. The highest BCUT2D eigenvalue weighted by molar-refractivity contribution is 6.34. The summed E-state index contributed by atoms with van der Waals surface area (Å²) >= 11 is 6.13. The van der Waals surface area contributed by atoms with Gasteiger partial charge in [-0.2, -0.15) is 0 Å². The van der Waals surface area contributed by atoms with Crippen LogP contribution in [0.25, 0.3) is 0 Å². The lowest BCUT2D eigenvalue weighted by molar-refractivity contribution is 0.0949. The molecule has 1 saturated carbocycles. The predicted octanol–water partition coefficient (Wildman–Crippen LogP) is 3.50. The van der Waals surface area contributed by atoms with E-state index >= 15 is 0 Å². The van der Waals surface area contributed by atoms with Crippen LogP contribution in [0.5, 0.6) is 11.5 Å². The van der Waals surface area contributed by atoms with Crippen LogP contribution in [0, 0.1) is 0 Å². The number of nitrogens with one attached hydrogen (secondary N) is 2. The molecule has 136 valence electrons. The monoisotopic (exact) mass is 374 g/mol. The minimum Gasteiger partial charge on any atom is -0.497 e. The Kier molecular flexibility index (Phi) is 5.32. The van der Waals surface area contributed by atoms with Crippen molar-refractivity contribution < 1.29 is 19.1 Å². The molecule has 0 saturated heterocycles. The number of ether oxygens (including phenoxy) is 2. The van der Waals surface area contributed by atoms with E-state index in [1.165, 1.54) is 14.2 Å². The standard InChI is InChI=1S/C19H19ClN2O4/c1-25-13-6-8-17(26-2)15(10-13)19(24)22-12-5-7-16(20)14(9-12)18(23)21-11-3-4-11/h5-11H,3-4H2,1-2H3,(H,21,23)(H,22,24). The molecule has 1 aliphatic carbocycles. The summed E-state index contributed by atoms with van der Waals surface area (Å²) < 4.78 is 10.4. The first kappa shape index (κ1) is 18.1. The number of halogens is 1. The Morgan fingerprint density at radius 2 is 1.77 bits per heavy atom. The smallest absolute Gasteiger partial charge is 0.259 e. The minimum absolute atomic E-state index is 0.220. The van der Waals surface area contributed by atoms with Crippen LogP contribution in [0.2, 0.25) is 5.02 Å². The predicted molar refractivity (Wildman–Crippen MR) is 99.4 cm³/mol. The molecule has 2 aromatic rings. The fraction of sp³-hybridized carbons (Fsp3) is 0.263. The van der Waals surface area contributed by atoms with Crippen LogP contribution in [0.15, 0.2) is 36.4 Å². The fourth-order valence-corrected chi connectivity index (χ4v) is 2.66. The van der Waals surface area contributed by atoms with E-state index in [0.717, 1.165) is 12.8 Å². The van der Waals surface area contributed by atoms with Gasteiger partial charge >= 0.3 is 0 Å². The second kappa shape index (κ2) is 7.66. The fourth-order valence-electron chi connectivity index (χ4n) is 2.46. The Morgan fingerprint density at radius 3 is 2.42 bits per heavy atom. The molecule has 0 aromatic heterocycles. The largest absolute Gasteiger partial charge is 0.497 e. The lowest BCUT2D eigenvalue weighted by Gasteiger charge is -2.12. The summed E-state index contributed by atoms with van der Waals surface area (Å²) in [5.41, 5.74) is 1.12. The third-order valence-corrected chi connectivity index (χ3v) is 4.36. The zero-order valence-corrected chi connectivity index (χ0v) is 15.2. The minimum atomic E-state index is -0.378. The van der Waals surface area contributed by atoms with Crippen molar-refractivity contribution in [2.45, 2.75) is 18.9 Å². The van der Waals surface area contributed by atoms with E-state index in [2.05, 4.69) is 10.6 Å². The number of hydrogen-bond donors (Lipinski definition) is 2. The molecule has 0 spiro atoms. The molecule has 0 heterocycles. The van der Waals surface area contributed by atoms with E-state index in [4.69, 9.17) is 21.1 Å². The first-order chi connectivity index (χ1) is 12.5. The highest BCUT2D eigenvalue weighted by Crippen LogP contribution is 2.27. The Hall–Kier alpha value is -2.73. The van der Waals surface area contributed by atoms with Crippen LogP contribution >= 0.6 is 11.6 Å². The van der Waals surface area contributed by atoms with Gasteiger partial charge < -0.3 is 20.1 Å². The number of hydrogen-bond acceptors (Lipinski definition) is 4. The van der Waals surface area contributed by atoms with Gasteiger partial charge in [-0.3, -0.25) is 9.59 Å². The van der Waals surface area contributed by atoms with Gasteiger partial charge in [-0.15, -0.1) is 0 Å². The van der Waals surface area contributed by atoms with Gasteiger partial charge in [-0.1, -0.05) is 11.6 Å². The summed E-state index contributed by atoms with van der Waals surface area (Å²) in [5.74, 6) is 0.338. The van der Waals surface area contributed by atoms with E-state index in [-0.39, 0.29) is 17.9 Å². The van der Waals surface area contributed by atoms with Crippen LogP contribution in [-0.4, -0.2) is 32.1 Å². The molecule has 7 heteroatoms. The summed E-state index contributed by atoms with van der Waals surface area (Å²) in [6, 6.07) is 9.96. The third kappa shape index (κ3) is 4.08. The van der Waals surface area contributed by atoms with Gasteiger partial charge in [-0.25, -0.2) is 0 Å². The molecule has 0 atom stereocenters. The van der Waals surface area contributed by atoms with Gasteiger partial charge in [0.1, 0.15) is 11.5 Å². The van der Waals surface area contributed by atoms with E-state index < -0.39 is 0 Å². The van der Waals surface area contributed by atoms with Crippen LogP contribution in [0.1, 0.15) is 33.6 Å². The quantitative estimate of drug-likeness (QED) is 0.811. The topological polar surface area (TPSA) is 76.7 Å². The molecule has 2 aromatic carbocycles. The Labute approximate surface area is 156 Å². The van der Waals surface area contributed by atoms with Gasteiger partial charge in [0.25, 0.3) is 11.8 Å². The highest BCUT2D eigenvalue weighted by Gasteiger charge is 2.25. The normalized spacial score (nSPS) is 13.0. The number of rotatable bonds is 6. The SMILES string of the molecule is COc1ccc(OC)c(C(=O)Nc2ccc(Cl)c(C(=O)NC3CC3)c2)c1. The summed E-state index contributed by atoms with van der Waals surface area (Å²) in [6.07, 6.45) is 1.96. The van der Waals surface area contributed by atoms with Crippen molar-refractivity contribution in [1.82, 2.24) is 5.32 Å². The van der Waals surface area contributed by atoms with Crippen LogP contribution in [0.4, 0.5) is 5.69 Å². The Balaban J connectivity index is 1.82. The molecule has 0 radical (unpaired) electrons. The van der Waals surface area contributed by atoms with Crippen molar-refractivity contribution in [3.63, 3.8) is 0 Å². The maximum absolute atomic E-state index is 12.6. The van der Waals surface area contributed by atoms with Gasteiger partial charge in [-0.05, 0) is 49.2 Å². The molecule has 2 amide bonds. The molecule has 0 unspecified atom stereocenters. The van der Waals surface area contributed by atoms with Gasteiger partial charge in [0.2, 0.25) is 0 Å². The average molecular weight is 375 g/mol. The van der Waals surface area contributed by atoms with E-state index in [0.29, 0.717) is 33.3 Å². The van der Waals surface area contributed by atoms with Crippen molar-refractivity contribution >= 4 is 29.1 Å². The van der Waals surface area contributed by atoms with Gasteiger partial charge in [0.15, 0.2) is 0 Å². The zero-order valence-electron chi connectivity index (χ0n) is 14.5. The maximum atomic E-state index is 12.6. The Morgan fingerprint density at radius 1 is 1.00 bits per heavy atom. The average Bonchev–Trinajstić information content (AvgIpc) is 3.46. The summed E-state index contributed by atoms with van der Waals surface area (Å²) in [4.78, 5) is 24.9. The first-order valence-corrected chi connectivity index (χ1v) is 8.53. The molecule has 1 fully saturated rings. The molecular weight excluding hydrogens is 356 g/mol. The van der Waals surface area contributed by atoms with Crippen molar-refractivity contribution in [1.29, 1.82) is 0 Å². The number of methoxy groups -OCH3 is 2. The maximum Gasteiger partial charge on any atom is 0.259 e. The van der Waals surface area contributed by atoms with Crippen LogP contribution in [-0.2, 0) is 0 Å². The zero-order chi connectivity index (χ0) is 18.7. The van der Waals surface area contributed by atoms with Crippen molar-refractivity contribution in [3.05, 3.63) is 52.5 Å². The second-order valence-electron chi connectivity index (χ2n) is 5.96. The lowest BCUT2D eigenvalue weighted by atomic mass is 10.1. The van der Waals surface area contributed by atoms with Gasteiger partial charge in [0.05, 0.1) is 30.4 Å². The molecule has 6 nitrogen and oxygen atoms in total. The third-order valence-electron chi connectivity index (χ3n) is 4.03. The molecule has 2 N–H and O–H groups in total. The van der Waals surface area contributed by atoms with E-state index in [9.17, 15) is 9.59 Å². The van der Waals surface area contributed by atoms with Crippen LogP contribution in [0.3, 0.4) is 0 Å². The van der Waals surface area contributed by atoms with Crippen molar-refractivity contribution in [3.8, 4) is 11.5 Å². The van der Waals surface area contributed by atoms with E-state index in [1.807, 2.05) is 0 Å². The number of amides is 2. The van der Waals surface area contributed by atoms with E-state index in [1.54, 1.807) is 36.4 Å². The number of carbonyl (C=O) groups is 2. The van der Waals surface area contributed by atoms with Crippen molar-refractivity contribution in [2.75, 3.05) is 19.5 Å². The summed E-state index contributed by atoms with van der Waals surface area (Å²) in [7, 11) is 3.01. The van der Waals surface area contributed by atoms with Gasteiger partial charge in [0, 0.05) is 11.7 Å². The molecule has 1 aliphatic rings. The summed E-state index contributed by atoms with van der Waals surface area (Å²) in [5, 5.41) is 5.98. The highest BCUT2D eigenvalue weighted by atomic mass is 35.5. The molecule has 3 rings (SSSR count). The molecular formula is C19H19ClN2O4. The lowest BCUT2D eigenvalue weighted by Crippen LogP contribution is -2.25. The second-order valence-corrected chi connectivity index (χ2v) is 6.37. The number of benzene rings is 2. The summed E-state index contributed by atoms with van der Waals surface area (Å²) in [6.45, 7) is 0. The molecule has 26 heavy (non-hydrogen) atoms. The first-order valence-electron chi connectivity index (χ1n) is 8.15. The number of carbonyl (C=O) groups excluding carboxylic acids is 2. The van der Waals surface area contributed by atoms with Crippen molar-refractivity contribution in [2.24, 2.45) is 0 Å². The molecule has 0 bridgehead atoms. The Bertz CT molecular complexity index is 849. The van der Waals surface area contributed by atoms with Crippen LogP contribution < -0.4 is 20.1 Å². The molecule has 0 aliphatic heterocycles.